The maximum atomic E-state index is 14.5. The maximum absolute atomic E-state index is 14.5. The summed E-state index contributed by atoms with van der Waals surface area (Å²) in [5.74, 6) is -6.48. The summed E-state index contributed by atoms with van der Waals surface area (Å²) in [5, 5.41) is 37.8. The molecule has 10 atom stereocenters. The van der Waals surface area contributed by atoms with E-state index in [1.807, 2.05) is 67.9 Å². The Kier molecular flexibility index (Phi) is 32.2. The minimum atomic E-state index is -1.87. The van der Waals surface area contributed by atoms with Crippen molar-refractivity contribution >= 4 is 81.7 Å². The molecule has 0 spiro atoms. The maximum Gasteiger partial charge on any atom is 0.409 e. The molecule has 29 heteroatoms. The van der Waals surface area contributed by atoms with Gasteiger partial charge in [-0.05, 0) is 113 Å². The van der Waals surface area contributed by atoms with Gasteiger partial charge in [0.2, 0.25) is 35.4 Å². The molecule has 10 N–H and O–H groups in total. The van der Waals surface area contributed by atoms with Crippen LogP contribution in [0.5, 0.6) is 5.75 Å². The second-order valence-electron chi connectivity index (χ2n) is 25.3. The number of rotatable bonds is 33. The number of aliphatic hydroxyl groups is 1. The van der Waals surface area contributed by atoms with Crippen LogP contribution < -0.4 is 47.4 Å². The number of aliphatic carboxylic acids is 1. The number of likely N-dealkylation sites (N-methyl/N-ethyl adjacent to an activating group) is 1. The predicted octanol–water partition coefficient (Wildman–Crippen LogP) is 4.25. The zero-order valence-electron chi connectivity index (χ0n) is 58.0. The van der Waals surface area contributed by atoms with Crippen LogP contribution in [0.15, 0.2) is 66.3 Å². The Morgan fingerprint density at radius 1 is 0.897 bits per heavy atom. The van der Waals surface area contributed by atoms with E-state index in [0.29, 0.717) is 37.4 Å². The highest BCUT2D eigenvalue weighted by molar-refractivity contribution is 6.35. The molecule has 0 radical (unpaired) electrons. The Hall–Kier alpha value is -7.70. The Morgan fingerprint density at radius 3 is 2.27 bits per heavy atom. The largest absolute Gasteiger partial charge is 0.495 e. The fourth-order valence-electron chi connectivity index (χ4n) is 11.5. The number of carbonyl (C=O) groups is 9. The molecule has 0 aliphatic carbocycles. The second kappa shape index (κ2) is 39.0. The average Bonchev–Trinajstić information content (AvgIpc) is 1.30. The van der Waals surface area contributed by atoms with E-state index in [2.05, 4.69) is 38.1 Å². The summed E-state index contributed by atoms with van der Waals surface area (Å²) >= 11 is 6.86. The number of nitrogens with two attached hydrogens (primary N) is 1. The van der Waals surface area contributed by atoms with Gasteiger partial charge in [0, 0.05) is 78.2 Å². The molecule has 10 unspecified atom stereocenters. The smallest absolute Gasteiger partial charge is 0.409 e. The van der Waals surface area contributed by atoms with Crippen LogP contribution in [0.4, 0.5) is 10.5 Å². The molecule has 2 aromatic carbocycles. The molecule has 2 aliphatic rings. The highest BCUT2D eigenvalue weighted by Crippen LogP contribution is 2.38. The number of halogens is 1. The first-order valence-corrected chi connectivity index (χ1v) is 33.3. The number of fused-ring (bicyclic) bond motifs is 5. The number of alkyl carbamates (subject to hydrolysis) is 1. The van der Waals surface area contributed by atoms with Crippen molar-refractivity contribution in [1.29, 1.82) is 0 Å². The lowest BCUT2D eigenvalue weighted by atomic mass is 9.83. The zero-order valence-corrected chi connectivity index (χ0v) is 58.8. The van der Waals surface area contributed by atoms with Crippen LogP contribution in [0.1, 0.15) is 111 Å². The fraction of sp³-hybridized carbons (Fsp3) is 0.603. The van der Waals surface area contributed by atoms with Gasteiger partial charge in [-0.25, -0.2) is 14.6 Å². The number of hydrazine groups is 1. The topological polar surface area (TPSA) is 362 Å². The minimum absolute atomic E-state index is 0.0403. The summed E-state index contributed by atoms with van der Waals surface area (Å²) in [4.78, 5) is 124. The SMILES string of the molecule is CNN(C)Cc1cc2ccccc2n1CCC(=O)NC(CCC(=O)O)C(=O)NCCOCCOCCC(=O)NC(C(=O)NC(CCCN)C(=O)N(C)C(C)C(=O)OC1CC(=O)N(C)c2cc(cc(OC)c2Cl)CC(C)=CC=CC(OC)C2(O)CC(OC(=O)N2)C(C)CC1C)C(C)C. The van der Waals surface area contributed by atoms with Gasteiger partial charge in [-0.2, -0.15) is 0 Å². The molecular weight excluding hydrogens is 1280 g/mol. The molecule has 1 saturated heterocycles. The number of aromatic nitrogens is 1. The van der Waals surface area contributed by atoms with Crippen molar-refractivity contribution in [2.24, 2.45) is 23.5 Å². The molecule has 1 aromatic heterocycles. The number of amides is 7. The van der Waals surface area contributed by atoms with Crippen molar-refractivity contribution in [3.05, 3.63) is 82.5 Å². The number of anilines is 1. The van der Waals surface area contributed by atoms with Gasteiger partial charge in [0.1, 0.15) is 53.3 Å². The van der Waals surface area contributed by atoms with Crippen LogP contribution >= 0.6 is 11.6 Å². The van der Waals surface area contributed by atoms with Gasteiger partial charge >= 0.3 is 18.0 Å². The first-order chi connectivity index (χ1) is 46.0. The van der Waals surface area contributed by atoms with Gasteiger partial charge in [-0.1, -0.05) is 81.3 Å². The van der Waals surface area contributed by atoms with E-state index in [0.717, 1.165) is 32.6 Å². The Bertz CT molecular complexity index is 3240. The van der Waals surface area contributed by atoms with E-state index in [4.69, 9.17) is 45.8 Å². The zero-order chi connectivity index (χ0) is 71.7. The molecular formula is C68H102ClN11O17. The van der Waals surface area contributed by atoms with Crippen molar-refractivity contribution in [2.45, 2.75) is 167 Å². The number of carboxylic acids is 1. The van der Waals surface area contributed by atoms with Gasteiger partial charge in [-0.15, -0.1) is 0 Å². The Morgan fingerprint density at radius 2 is 1.60 bits per heavy atom. The number of nitrogens with one attached hydrogen (secondary N) is 6. The van der Waals surface area contributed by atoms with Gasteiger partial charge in [0.15, 0.2) is 5.72 Å². The number of hydrogen-bond donors (Lipinski definition) is 9. The number of esters is 1. The van der Waals surface area contributed by atoms with Crippen molar-refractivity contribution in [3.63, 3.8) is 0 Å². The average molecular weight is 1380 g/mol. The highest BCUT2D eigenvalue weighted by Gasteiger charge is 2.47. The van der Waals surface area contributed by atoms with Crippen molar-refractivity contribution in [2.75, 3.05) is 86.8 Å². The standard InChI is InChI=1S/C68H102ClN11O17/c1-41(2)62(75-58(82)25-29-94-31-32-95-30-27-72-63(86)49(22-23-60(84)85)73-57(81)24-28-80-48(40-77(8)71-7)37-47-18-13-14-20-51(47)80)64(87)74-50(19-16-26-70)65(88)78(9)45(6)66(89)96-53-38-59(83)79(10)52-35-46(36-54(92-11)61(52)69)33-42(3)17-15-21-56(93-12)68(91)39-55(97-67(90)76-68)44(5)34-43(53)4/h13-15,17-18,20-21,35-37,41,43-45,49-50,53,55-56,62,71,91H,16,19,22-34,38-40,70H2,1-12H3,(H,72,86)(H,73,81)(H,74,87)(H,75,82)(H,76,90)(H,84,85). The number of ether oxygens (including phenoxy) is 6. The summed E-state index contributed by atoms with van der Waals surface area (Å²) in [5.41, 5.74) is 11.0. The van der Waals surface area contributed by atoms with Crippen LogP contribution in [-0.2, 0) is 81.6 Å². The number of carboxylic acid groups (broad SMARTS) is 1. The summed E-state index contributed by atoms with van der Waals surface area (Å²) in [7, 11) is 9.51. The van der Waals surface area contributed by atoms with E-state index in [1.165, 1.54) is 33.1 Å². The number of carbonyl (C=O) groups excluding carboxylic acids is 8. The van der Waals surface area contributed by atoms with E-state index < -0.39 is 119 Å². The number of methoxy groups -OCH3 is 2. The summed E-state index contributed by atoms with van der Waals surface area (Å²) in [6, 6.07) is 8.73. The Labute approximate surface area is 573 Å². The number of hydrogen-bond acceptors (Lipinski definition) is 19. The molecule has 538 valence electrons. The van der Waals surface area contributed by atoms with E-state index in [9.17, 15) is 53.4 Å². The number of allylic oxidation sites excluding steroid dienone is 3. The van der Waals surface area contributed by atoms with Gasteiger partial charge in [-0.3, -0.25) is 44.3 Å². The first-order valence-electron chi connectivity index (χ1n) is 32.9. The Balaban J connectivity index is 1.15. The highest BCUT2D eigenvalue weighted by atomic mass is 35.5. The van der Waals surface area contributed by atoms with Crippen LogP contribution in [-0.4, -0.2) is 208 Å². The lowest BCUT2D eigenvalue weighted by Crippen LogP contribution is -2.63. The summed E-state index contributed by atoms with van der Waals surface area (Å²) in [6.07, 6.45) is 1.36. The molecule has 1 fully saturated rings. The monoisotopic (exact) mass is 1380 g/mol. The molecule has 4 bridgehead atoms. The summed E-state index contributed by atoms with van der Waals surface area (Å²) < 4.78 is 36.5. The van der Waals surface area contributed by atoms with Crippen LogP contribution in [0.25, 0.3) is 10.9 Å². The third-order valence-corrected chi connectivity index (χ3v) is 17.8. The van der Waals surface area contributed by atoms with Crippen molar-refractivity contribution < 1.29 is 81.8 Å². The molecule has 3 heterocycles. The first kappa shape index (κ1) is 80.0. The minimum Gasteiger partial charge on any atom is -0.495 e. The lowest BCUT2D eigenvalue weighted by molar-refractivity contribution is -0.162. The molecule has 5 rings (SSSR count). The number of aryl methyl sites for hydroxylation is 1. The number of benzene rings is 2. The third kappa shape index (κ3) is 24.1. The van der Waals surface area contributed by atoms with Gasteiger partial charge in [0.05, 0.1) is 52.2 Å². The molecule has 2 aliphatic heterocycles. The molecule has 0 saturated carbocycles. The molecule has 97 heavy (non-hydrogen) atoms. The number of para-hydroxylation sites is 1. The van der Waals surface area contributed by atoms with E-state index >= 15 is 0 Å². The number of nitrogens with zero attached hydrogens (tertiary/aromatic N) is 4. The van der Waals surface area contributed by atoms with Crippen LogP contribution in [0.3, 0.4) is 0 Å². The quantitative estimate of drug-likeness (QED) is 0.0234. The van der Waals surface area contributed by atoms with Crippen molar-refractivity contribution in [3.8, 4) is 5.75 Å². The van der Waals surface area contributed by atoms with Crippen LogP contribution in [0, 0.1) is 17.8 Å². The third-order valence-electron chi connectivity index (χ3n) is 17.4. The molecule has 3 aromatic rings. The normalized spacial score (nSPS) is 20.6. The van der Waals surface area contributed by atoms with E-state index in [1.54, 1.807) is 52.1 Å². The van der Waals surface area contributed by atoms with Crippen LogP contribution in [0.2, 0.25) is 5.02 Å². The van der Waals surface area contributed by atoms with E-state index in [-0.39, 0.29) is 95.9 Å². The predicted molar refractivity (Wildman–Crippen MR) is 364 cm³/mol. The fourth-order valence-corrected chi connectivity index (χ4v) is 11.8. The van der Waals surface area contributed by atoms with Gasteiger partial charge in [0.25, 0.3) is 0 Å². The van der Waals surface area contributed by atoms with Crippen molar-refractivity contribution in [1.82, 2.24) is 46.5 Å². The second-order valence-corrected chi connectivity index (χ2v) is 25.7. The lowest BCUT2D eigenvalue weighted by Gasteiger charge is -2.42. The molecule has 28 nitrogen and oxygen atoms in total. The summed E-state index contributed by atoms with van der Waals surface area (Å²) in [6.45, 7) is 11.7. The van der Waals surface area contributed by atoms with Gasteiger partial charge < -0.3 is 80.0 Å². The molecule has 7 amide bonds.